The number of hydrogen-bond donors (Lipinski definition) is 1. The highest BCUT2D eigenvalue weighted by atomic mass is 32.2. The third kappa shape index (κ3) is 2.57. The molecular formula is C13H16N4O4S. The van der Waals surface area contributed by atoms with Crippen molar-refractivity contribution in [1.29, 1.82) is 0 Å². The Hall–Kier alpha value is -2.00. The number of aromatic nitrogens is 3. The van der Waals surface area contributed by atoms with Crippen LogP contribution in [0.4, 0.5) is 0 Å². The monoisotopic (exact) mass is 324 g/mol. The first-order chi connectivity index (χ1) is 10.4. The molecule has 3 heterocycles. The number of fused-ring (bicyclic) bond motifs is 1. The van der Waals surface area contributed by atoms with Gasteiger partial charge in [-0.25, -0.2) is 8.42 Å². The fourth-order valence-corrected chi connectivity index (χ4v) is 4.56. The average molecular weight is 324 g/mol. The van der Waals surface area contributed by atoms with Crippen molar-refractivity contribution < 1.29 is 17.9 Å². The third-order valence-corrected chi connectivity index (χ3v) is 5.44. The maximum atomic E-state index is 12.5. The van der Waals surface area contributed by atoms with Gasteiger partial charge in [0.15, 0.2) is 9.84 Å². The van der Waals surface area contributed by atoms with Crippen LogP contribution >= 0.6 is 0 Å². The SMILES string of the molecule is CO[C@@H]1CS(=O)(=O)C[C@H]1NC(=O)c1c(C)nn2ncccc12. The van der Waals surface area contributed by atoms with Gasteiger partial charge in [-0.05, 0) is 19.1 Å². The summed E-state index contributed by atoms with van der Waals surface area (Å²) in [4.78, 5) is 12.5. The number of nitrogens with one attached hydrogen (secondary N) is 1. The van der Waals surface area contributed by atoms with E-state index in [0.717, 1.165) is 0 Å². The van der Waals surface area contributed by atoms with Crippen molar-refractivity contribution in [1.82, 2.24) is 20.1 Å². The van der Waals surface area contributed by atoms with E-state index >= 15 is 0 Å². The topological polar surface area (TPSA) is 103 Å². The molecule has 0 bridgehead atoms. The molecule has 1 amide bonds. The molecular weight excluding hydrogens is 308 g/mol. The van der Waals surface area contributed by atoms with Gasteiger partial charge in [0.25, 0.3) is 5.91 Å². The molecule has 1 aliphatic rings. The molecule has 1 fully saturated rings. The minimum atomic E-state index is -3.20. The smallest absolute Gasteiger partial charge is 0.255 e. The molecule has 1 aliphatic heterocycles. The Bertz CT molecular complexity index is 830. The highest BCUT2D eigenvalue weighted by molar-refractivity contribution is 7.91. The predicted molar refractivity (Wildman–Crippen MR) is 78.4 cm³/mol. The molecule has 1 N–H and O–H groups in total. The number of aryl methyl sites for hydroxylation is 1. The van der Waals surface area contributed by atoms with E-state index in [4.69, 9.17) is 4.74 Å². The van der Waals surface area contributed by atoms with Crippen molar-refractivity contribution in [2.75, 3.05) is 18.6 Å². The maximum absolute atomic E-state index is 12.5. The quantitative estimate of drug-likeness (QED) is 0.822. The molecule has 0 radical (unpaired) electrons. The lowest BCUT2D eigenvalue weighted by molar-refractivity contribution is 0.0787. The molecule has 9 heteroatoms. The Morgan fingerprint density at radius 2 is 2.23 bits per heavy atom. The second-order valence-corrected chi connectivity index (χ2v) is 7.44. The number of nitrogens with zero attached hydrogens (tertiary/aromatic N) is 3. The summed E-state index contributed by atoms with van der Waals surface area (Å²) in [6.07, 6.45) is 1.04. The minimum Gasteiger partial charge on any atom is -0.378 e. The van der Waals surface area contributed by atoms with Crippen LogP contribution in [0.15, 0.2) is 18.3 Å². The first-order valence-corrected chi connectivity index (χ1v) is 8.58. The standard InChI is InChI=1S/C13H16N4O4S/c1-8-12(10-4-3-5-14-17(10)16-8)13(18)15-9-6-22(19,20)7-11(9)21-2/h3-5,9,11H,6-7H2,1-2H3,(H,15,18)/t9-,11-/m1/s1. The fourth-order valence-electron chi connectivity index (χ4n) is 2.71. The van der Waals surface area contributed by atoms with E-state index in [-0.39, 0.29) is 17.4 Å². The molecule has 1 saturated heterocycles. The number of carbonyl (C=O) groups excluding carboxylic acids is 1. The predicted octanol–water partition coefficient (Wildman–Crippen LogP) is -0.420. The van der Waals surface area contributed by atoms with Crippen LogP contribution in [0.3, 0.4) is 0 Å². The van der Waals surface area contributed by atoms with Crippen LogP contribution < -0.4 is 5.32 Å². The molecule has 2 aromatic rings. The Morgan fingerprint density at radius 1 is 1.45 bits per heavy atom. The van der Waals surface area contributed by atoms with Gasteiger partial charge in [-0.2, -0.15) is 14.8 Å². The summed E-state index contributed by atoms with van der Waals surface area (Å²) in [5.74, 6) is -0.568. The van der Waals surface area contributed by atoms with Gasteiger partial charge >= 0.3 is 0 Å². The number of sulfone groups is 1. The van der Waals surface area contributed by atoms with Crippen LogP contribution in [0.5, 0.6) is 0 Å². The summed E-state index contributed by atoms with van der Waals surface area (Å²) in [6.45, 7) is 1.71. The van der Waals surface area contributed by atoms with Crippen LogP contribution in [0, 0.1) is 6.92 Å². The van der Waals surface area contributed by atoms with E-state index in [1.165, 1.54) is 11.7 Å². The lowest BCUT2D eigenvalue weighted by atomic mass is 10.1. The first kappa shape index (κ1) is 14.9. The zero-order valence-corrected chi connectivity index (χ0v) is 13.0. The summed E-state index contributed by atoms with van der Waals surface area (Å²) in [7, 11) is -1.76. The van der Waals surface area contributed by atoms with Gasteiger partial charge in [-0.3, -0.25) is 4.79 Å². The van der Waals surface area contributed by atoms with Crippen molar-refractivity contribution in [3.8, 4) is 0 Å². The van der Waals surface area contributed by atoms with Gasteiger partial charge in [-0.15, -0.1) is 0 Å². The molecule has 118 valence electrons. The van der Waals surface area contributed by atoms with Gasteiger partial charge in [0.1, 0.15) is 5.52 Å². The normalized spacial score (nSPS) is 23.7. The van der Waals surface area contributed by atoms with E-state index in [1.807, 2.05) is 0 Å². The van der Waals surface area contributed by atoms with Crippen molar-refractivity contribution in [3.05, 3.63) is 29.6 Å². The molecule has 0 aliphatic carbocycles. The van der Waals surface area contributed by atoms with E-state index in [0.29, 0.717) is 16.8 Å². The summed E-state index contributed by atoms with van der Waals surface area (Å²) >= 11 is 0. The summed E-state index contributed by atoms with van der Waals surface area (Å²) < 4.78 is 29.9. The zero-order chi connectivity index (χ0) is 15.9. The number of rotatable bonds is 3. The lowest BCUT2D eigenvalue weighted by Gasteiger charge is -2.17. The number of carbonyl (C=O) groups is 1. The molecule has 0 unspecified atom stereocenters. The second kappa shape index (κ2) is 5.33. The molecule has 8 nitrogen and oxygen atoms in total. The molecule has 2 aromatic heterocycles. The summed E-state index contributed by atoms with van der Waals surface area (Å²) in [5.41, 5.74) is 1.51. The Labute approximate surface area is 127 Å². The highest BCUT2D eigenvalue weighted by Crippen LogP contribution is 2.18. The molecule has 22 heavy (non-hydrogen) atoms. The number of amides is 1. The number of hydrogen-bond acceptors (Lipinski definition) is 6. The van der Waals surface area contributed by atoms with Gasteiger partial charge in [0.05, 0.1) is 34.9 Å². The largest absolute Gasteiger partial charge is 0.378 e. The van der Waals surface area contributed by atoms with Gasteiger partial charge < -0.3 is 10.1 Å². The van der Waals surface area contributed by atoms with Crippen molar-refractivity contribution in [3.63, 3.8) is 0 Å². The number of ether oxygens (including phenoxy) is 1. The van der Waals surface area contributed by atoms with Gasteiger partial charge in [-0.1, -0.05) is 0 Å². The minimum absolute atomic E-state index is 0.0796. The van der Waals surface area contributed by atoms with Gasteiger partial charge in [0.2, 0.25) is 0 Å². The maximum Gasteiger partial charge on any atom is 0.255 e. The average Bonchev–Trinajstić information content (AvgIpc) is 2.93. The van der Waals surface area contributed by atoms with E-state index in [9.17, 15) is 13.2 Å². The summed E-state index contributed by atoms with van der Waals surface area (Å²) in [5, 5.41) is 11.0. The Balaban J connectivity index is 1.89. The first-order valence-electron chi connectivity index (χ1n) is 6.76. The van der Waals surface area contributed by atoms with Crippen LogP contribution in [0.2, 0.25) is 0 Å². The van der Waals surface area contributed by atoms with E-state index < -0.39 is 22.0 Å². The fraction of sp³-hybridized carbons (Fsp3) is 0.462. The lowest BCUT2D eigenvalue weighted by Crippen LogP contribution is -2.43. The zero-order valence-electron chi connectivity index (χ0n) is 12.2. The van der Waals surface area contributed by atoms with Crippen molar-refractivity contribution in [2.45, 2.75) is 19.1 Å². The van der Waals surface area contributed by atoms with Crippen LogP contribution in [-0.2, 0) is 14.6 Å². The molecule has 0 saturated carbocycles. The second-order valence-electron chi connectivity index (χ2n) is 5.29. The van der Waals surface area contributed by atoms with Crippen molar-refractivity contribution in [2.24, 2.45) is 0 Å². The van der Waals surface area contributed by atoms with Gasteiger partial charge in [0, 0.05) is 13.3 Å². The highest BCUT2D eigenvalue weighted by Gasteiger charge is 2.39. The Morgan fingerprint density at radius 3 is 2.95 bits per heavy atom. The van der Waals surface area contributed by atoms with Crippen LogP contribution in [0.25, 0.3) is 5.52 Å². The number of methoxy groups -OCH3 is 1. The molecule has 0 spiro atoms. The third-order valence-electron chi connectivity index (χ3n) is 3.74. The molecule has 3 rings (SSSR count). The van der Waals surface area contributed by atoms with E-state index in [2.05, 4.69) is 15.5 Å². The van der Waals surface area contributed by atoms with Crippen LogP contribution in [0.1, 0.15) is 16.1 Å². The molecule has 0 aromatic carbocycles. The Kier molecular flexibility index (Phi) is 3.61. The van der Waals surface area contributed by atoms with Crippen molar-refractivity contribution >= 4 is 21.3 Å². The van der Waals surface area contributed by atoms with E-state index in [1.54, 1.807) is 25.3 Å². The summed E-state index contributed by atoms with van der Waals surface area (Å²) in [6, 6.07) is 2.89. The molecule has 2 atom stereocenters. The van der Waals surface area contributed by atoms with Crippen LogP contribution in [-0.4, -0.2) is 59.9 Å².